The quantitative estimate of drug-likeness (QED) is 0.738. The molecule has 156 valence electrons. The Morgan fingerprint density at radius 2 is 1.83 bits per heavy atom. The molecule has 2 atom stereocenters. The summed E-state index contributed by atoms with van der Waals surface area (Å²) in [5, 5.41) is 5.53. The van der Waals surface area contributed by atoms with Gasteiger partial charge in [-0.3, -0.25) is 14.5 Å². The van der Waals surface area contributed by atoms with E-state index in [1.807, 2.05) is 37.3 Å². The minimum atomic E-state index is -1.29. The van der Waals surface area contributed by atoms with Crippen LogP contribution in [0.2, 0.25) is 0 Å². The number of nitrogens with zero attached hydrogens (tertiary/aromatic N) is 1. The summed E-state index contributed by atoms with van der Waals surface area (Å²) in [6.07, 6.45) is 0. The summed E-state index contributed by atoms with van der Waals surface area (Å²) in [6, 6.07) is 13.7. The second-order valence-corrected chi connectivity index (χ2v) is 7.50. The molecule has 1 saturated heterocycles. The van der Waals surface area contributed by atoms with Crippen LogP contribution in [0.15, 0.2) is 48.5 Å². The molecule has 2 aromatic carbocycles. The predicted octanol–water partition coefficient (Wildman–Crippen LogP) is 2.10. The van der Waals surface area contributed by atoms with Gasteiger partial charge in [0.1, 0.15) is 25.3 Å². The first kappa shape index (κ1) is 19.8. The third kappa shape index (κ3) is 3.56. The van der Waals surface area contributed by atoms with Crippen molar-refractivity contribution < 1.29 is 23.9 Å². The maximum atomic E-state index is 13.1. The number of imide groups is 1. The summed E-state index contributed by atoms with van der Waals surface area (Å²) in [5.41, 5.74) is 0.202. The molecule has 4 rings (SSSR count). The molecule has 2 N–H and O–H groups in total. The van der Waals surface area contributed by atoms with E-state index in [0.29, 0.717) is 30.3 Å². The van der Waals surface area contributed by atoms with Crippen LogP contribution in [0.1, 0.15) is 31.0 Å². The van der Waals surface area contributed by atoms with Crippen LogP contribution in [0.3, 0.4) is 0 Å². The summed E-state index contributed by atoms with van der Waals surface area (Å²) in [5.74, 6) is 0.208. The van der Waals surface area contributed by atoms with Crippen LogP contribution in [0, 0.1) is 0 Å². The monoisotopic (exact) mass is 409 g/mol. The fourth-order valence-electron chi connectivity index (χ4n) is 3.65. The molecule has 0 aliphatic carbocycles. The molecule has 0 spiro atoms. The minimum Gasteiger partial charge on any atom is -0.486 e. The molecule has 0 radical (unpaired) electrons. The van der Waals surface area contributed by atoms with Crippen molar-refractivity contribution in [1.82, 2.24) is 15.5 Å². The average molecular weight is 409 g/mol. The van der Waals surface area contributed by atoms with Gasteiger partial charge in [-0.1, -0.05) is 36.4 Å². The number of benzene rings is 2. The molecule has 2 aliphatic rings. The number of nitrogens with one attached hydrogen (secondary N) is 2. The van der Waals surface area contributed by atoms with E-state index < -0.39 is 23.4 Å². The maximum absolute atomic E-state index is 13.1. The first-order valence-electron chi connectivity index (χ1n) is 9.77. The van der Waals surface area contributed by atoms with E-state index in [1.165, 1.54) is 0 Å². The summed E-state index contributed by atoms with van der Waals surface area (Å²) >= 11 is 0. The van der Waals surface area contributed by atoms with Crippen molar-refractivity contribution in [1.29, 1.82) is 0 Å². The number of fused-ring (bicyclic) bond motifs is 1. The van der Waals surface area contributed by atoms with E-state index in [0.717, 1.165) is 10.5 Å². The number of ether oxygens (including phenoxy) is 2. The third-order valence-corrected chi connectivity index (χ3v) is 5.37. The van der Waals surface area contributed by atoms with Crippen molar-refractivity contribution in [3.8, 4) is 11.5 Å². The van der Waals surface area contributed by atoms with Crippen molar-refractivity contribution in [3.05, 3.63) is 59.7 Å². The van der Waals surface area contributed by atoms with E-state index >= 15 is 0 Å². The first-order chi connectivity index (χ1) is 14.4. The van der Waals surface area contributed by atoms with Gasteiger partial charge in [0.15, 0.2) is 11.5 Å². The zero-order chi connectivity index (χ0) is 21.3. The van der Waals surface area contributed by atoms with Gasteiger partial charge in [-0.2, -0.15) is 0 Å². The second kappa shape index (κ2) is 7.70. The van der Waals surface area contributed by atoms with Crippen molar-refractivity contribution in [2.45, 2.75) is 25.4 Å². The number of rotatable bonds is 5. The van der Waals surface area contributed by atoms with Gasteiger partial charge in [0.05, 0.1) is 6.04 Å². The molecule has 0 bridgehead atoms. The Morgan fingerprint density at radius 3 is 2.57 bits per heavy atom. The van der Waals surface area contributed by atoms with Crippen LogP contribution in [0.25, 0.3) is 0 Å². The zero-order valence-electron chi connectivity index (χ0n) is 16.8. The lowest BCUT2D eigenvalue weighted by atomic mass is 9.91. The SMILES string of the molecule is C[C@H](NC(=O)CN1C(=O)N[C@](C)(c2ccc3c(c2)OCCO3)C1=O)c1ccccc1. The summed E-state index contributed by atoms with van der Waals surface area (Å²) in [6.45, 7) is 3.98. The topological polar surface area (TPSA) is 97.0 Å². The second-order valence-electron chi connectivity index (χ2n) is 7.50. The highest BCUT2D eigenvalue weighted by Crippen LogP contribution is 2.36. The van der Waals surface area contributed by atoms with Gasteiger partial charge in [-0.25, -0.2) is 4.79 Å². The summed E-state index contributed by atoms with van der Waals surface area (Å²) in [7, 11) is 0. The van der Waals surface area contributed by atoms with E-state index in [1.54, 1.807) is 25.1 Å². The van der Waals surface area contributed by atoms with Gasteiger partial charge in [0.25, 0.3) is 5.91 Å². The summed E-state index contributed by atoms with van der Waals surface area (Å²) in [4.78, 5) is 39.0. The van der Waals surface area contributed by atoms with Crippen LogP contribution in [-0.2, 0) is 15.1 Å². The van der Waals surface area contributed by atoms with Gasteiger partial charge in [0.2, 0.25) is 5.91 Å². The minimum absolute atomic E-state index is 0.247. The third-order valence-electron chi connectivity index (χ3n) is 5.37. The Labute approximate surface area is 174 Å². The highest BCUT2D eigenvalue weighted by molar-refractivity contribution is 6.09. The molecule has 4 amide bonds. The lowest BCUT2D eigenvalue weighted by Gasteiger charge is -2.25. The van der Waals surface area contributed by atoms with Gasteiger partial charge < -0.3 is 20.1 Å². The number of urea groups is 1. The Balaban J connectivity index is 1.48. The van der Waals surface area contributed by atoms with Crippen molar-refractivity contribution in [3.63, 3.8) is 0 Å². The van der Waals surface area contributed by atoms with Crippen LogP contribution in [0.5, 0.6) is 11.5 Å². The lowest BCUT2D eigenvalue weighted by molar-refractivity contribution is -0.135. The first-order valence-corrected chi connectivity index (χ1v) is 9.77. The molecule has 0 unspecified atom stereocenters. The van der Waals surface area contributed by atoms with Gasteiger partial charge in [-0.05, 0) is 37.1 Å². The van der Waals surface area contributed by atoms with E-state index in [9.17, 15) is 14.4 Å². The van der Waals surface area contributed by atoms with Gasteiger partial charge in [0, 0.05) is 0 Å². The molecule has 2 heterocycles. The largest absolute Gasteiger partial charge is 0.486 e. The molecule has 8 heteroatoms. The van der Waals surface area contributed by atoms with Crippen molar-refractivity contribution in [2.24, 2.45) is 0 Å². The van der Waals surface area contributed by atoms with Crippen molar-refractivity contribution >= 4 is 17.8 Å². The smallest absolute Gasteiger partial charge is 0.325 e. The standard InChI is InChI=1S/C22H23N3O5/c1-14(15-6-4-3-5-7-15)23-19(26)13-25-20(27)22(2,24-21(25)28)16-8-9-17-18(12-16)30-11-10-29-17/h3-9,12,14H,10-11,13H2,1-2H3,(H,23,26)(H,24,28)/t14-,22+/m0/s1. The number of amides is 4. The molecule has 0 aromatic heterocycles. The fourth-order valence-corrected chi connectivity index (χ4v) is 3.65. The van der Waals surface area contributed by atoms with Crippen LogP contribution >= 0.6 is 0 Å². The summed E-state index contributed by atoms with van der Waals surface area (Å²) < 4.78 is 11.1. The number of hydrogen-bond acceptors (Lipinski definition) is 5. The molecule has 30 heavy (non-hydrogen) atoms. The number of carbonyl (C=O) groups is 3. The van der Waals surface area contributed by atoms with Crippen LogP contribution < -0.4 is 20.1 Å². The van der Waals surface area contributed by atoms with Crippen molar-refractivity contribution in [2.75, 3.05) is 19.8 Å². The zero-order valence-corrected chi connectivity index (χ0v) is 16.8. The Morgan fingerprint density at radius 1 is 1.13 bits per heavy atom. The normalized spacial score (nSPS) is 21.2. The average Bonchev–Trinajstić information content (AvgIpc) is 2.98. The molecule has 2 aromatic rings. The number of hydrogen-bond donors (Lipinski definition) is 2. The van der Waals surface area contributed by atoms with Gasteiger partial charge >= 0.3 is 6.03 Å². The van der Waals surface area contributed by atoms with E-state index in [4.69, 9.17) is 9.47 Å². The number of carbonyl (C=O) groups excluding carboxylic acids is 3. The van der Waals surface area contributed by atoms with E-state index in [-0.39, 0.29) is 12.6 Å². The maximum Gasteiger partial charge on any atom is 0.325 e. The molecule has 2 aliphatic heterocycles. The Bertz CT molecular complexity index is 994. The molecular weight excluding hydrogens is 386 g/mol. The Kier molecular flexibility index (Phi) is 5.07. The van der Waals surface area contributed by atoms with Gasteiger partial charge in [-0.15, -0.1) is 0 Å². The fraction of sp³-hybridized carbons (Fsp3) is 0.318. The van der Waals surface area contributed by atoms with Crippen LogP contribution in [0.4, 0.5) is 4.79 Å². The molecule has 0 saturated carbocycles. The highest BCUT2D eigenvalue weighted by Gasteiger charge is 2.49. The Hall–Kier alpha value is -3.55. The predicted molar refractivity (Wildman–Crippen MR) is 108 cm³/mol. The lowest BCUT2D eigenvalue weighted by Crippen LogP contribution is -2.43. The van der Waals surface area contributed by atoms with Crippen LogP contribution in [-0.4, -0.2) is 42.5 Å². The molecule has 8 nitrogen and oxygen atoms in total. The highest BCUT2D eigenvalue weighted by atomic mass is 16.6. The molecular formula is C22H23N3O5. The van der Waals surface area contributed by atoms with E-state index in [2.05, 4.69) is 10.6 Å². The molecule has 1 fully saturated rings.